The van der Waals surface area contributed by atoms with Gasteiger partial charge in [0.2, 0.25) is 11.8 Å². The molecule has 0 saturated carbocycles. The second-order valence-electron chi connectivity index (χ2n) is 7.19. The third-order valence-corrected chi connectivity index (χ3v) is 5.38. The van der Waals surface area contributed by atoms with Gasteiger partial charge >= 0.3 is 0 Å². The van der Waals surface area contributed by atoms with E-state index in [1.54, 1.807) is 6.21 Å². The normalized spacial score (nSPS) is 10.9. The molecule has 1 aromatic heterocycles. The highest BCUT2D eigenvalue weighted by atomic mass is 79.9. The number of hydrazone groups is 1. The molecule has 0 fully saturated rings. The molecule has 3 aromatic rings. The highest BCUT2D eigenvalue weighted by Gasteiger charge is 2.10. The second-order valence-corrected chi connectivity index (χ2v) is 8.11. The van der Waals surface area contributed by atoms with Crippen molar-refractivity contribution in [2.75, 3.05) is 6.54 Å². The van der Waals surface area contributed by atoms with Crippen molar-refractivity contribution in [3.8, 4) is 5.69 Å². The first-order valence-corrected chi connectivity index (χ1v) is 10.8. The third-order valence-electron chi connectivity index (χ3n) is 4.85. The van der Waals surface area contributed by atoms with Crippen LogP contribution in [0.5, 0.6) is 0 Å². The summed E-state index contributed by atoms with van der Waals surface area (Å²) in [4.78, 5) is 23.9. The van der Waals surface area contributed by atoms with Crippen LogP contribution >= 0.6 is 15.9 Å². The van der Waals surface area contributed by atoms with Gasteiger partial charge in [0, 0.05) is 33.7 Å². The van der Waals surface area contributed by atoms with Gasteiger partial charge in [0.05, 0.1) is 6.21 Å². The second kappa shape index (κ2) is 10.7. The summed E-state index contributed by atoms with van der Waals surface area (Å²) in [7, 11) is 0. The largest absolute Gasteiger partial charge is 0.355 e. The number of nitrogens with one attached hydrogen (secondary N) is 2. The van der Waals surface area contributed by atoms with Gasteiger partial charge in [0.1, 0.15) is 6.42 Å². The number of hydrogen-bond acceptors (Lipinski definition) is 3. The Hall–Kier alpha value is -3.19. The zero-order valence-corrected chi connectivity index (χ0v) is 19.1. The van der Waals surface area contributed by atoms with Gasteiger partial charge < -0.3 is 9.88 Å². The Morgan fingerprint density at radius 3 is 2.45 bits per heavy atom. The van der Waals surface area contributed by atoms with Gasteiger partial charge in [-0.2, -0.15) is 5.10 Å². The molecule has 6 nitrogen and oxygen atoms in total. The molecule has 0 aliphatic carbocycles. The van der Waals surface area contributed by atoms with E-state index in [0.717, 1.165) is 39.1 Å². The molecule has 0 aliphatic rings. The van der Waals surface area contributed by atoms with E-state index in [1.165, 1.54) is 0 Å². The Balaban J connectivity index is 1.50. The van der Waals surface area contributed by atoms with Crippen LogP contribution in [0.1, 0.15) is 28.9 Å². The summed E-state index contributed by atoms with van der Waals surface area (Å²) in [5.41, 5.74) is 7.58. The molecule has 31 heavy (non-hydrogen) atoms. The SMILES string of the molecule is Cc1cc(/C=N/NC(=O)CC(=O)NCCc2ccccc2)c(C)n1-c1ccc(Br)cc1. The van der Waals surface area contributed by atoms with Gasteiger partial charge in [-0.3, -0.25) is 9.59 Å². The fraction of sp³-hybridized carbons (Fsp3) is 0.208. The Kier molecular flexibility index (Phi) is 7.78. The number of halogens is 1. The van der Waals surface area contributed by atoms with Crippen LogP contribution in [-0.4, -0.2) is 29.1 Å². The third kappa shape index (κ3) is 6.39. The minimum Gasteiger partial charge on any atom is -0.355 e. The molecule has 7 heteroatoms. The van der Waals surface area contributed by atoms with Crippen LogP contribution < -0.4 is 10.7 Å². The van der Waals surface area contributed by atoms with Crippen molar-refractivity contribution in [2.45, 2.75) is 26.7 Å². The van der Waals surface area contributed by atoms with Crippen LogP contribution in [0.3, 0.4) is 0 Å². The maximum atomic E-state index is 12.0. The summed E-state index contributed by atoms with van der Waals surface area (Å²) in [6.45, 7) is 4.50. The smallest absolute Gasteiger partial charge is 0.249 e. The number of aromatic nitrogens is 1. The Labute approximate surface area is 190 Å². The van der Waals surface area contributed by atoms with E-state index in [1.807, 2.05) is 74.5 Å². The molecular formula is C24H25BrN4O2. The Morgan fingerprint density at radius 1 is 1.03 bits per heavy atom. The first kappa shape index (κ1) is 22.5. The van der Waals surface area contributed by atoms with Crippen molar-refractivity contribution in [2.24, 2.45) is 5.10 Å². The lowest BCUT2D eigenvalue weighted by Gasteiger charge is -2.09. The van der Waals surface area contributed by atoms with E-state index in [0.29, 0.717) is 6.54 Å². The molecule has 0 spiro atoms. The lowest BCUT2D eigenvalue weighted by molar-refractivity contribution is -0.129. The number of nitrogens with zero attached hydrogens (tertiary/aromatic N) is 2. The van der Waals surface area contributed by atoms with Crippen LogP contribution in [0.25, 0.3) is 5.69 Å². The summed E-state index contributed by atoms with van der Waals surface area (Å²) < 4.78 is 3.14. The van der Waals surface area contributed by atoms with Gasteiger partial charge in [-0.25, -0.2) is 5.43 Å². The molecule has 2 amide bonds. The van der Waals surface area contributed by atoms with Crippen LogP contribution in [-0.2, 0) is 16.0 Å². The molecule has 0 unspecified atom stereocenters. The molecular weight excluding hydrogens is 456 g/mol. The molecule has 0 saturated heterocycles. The molecule has 1 heterocycles. The highest BCUT2D eigenvalue weighted by Crippen LogP contribution is 2.21. The average molecular weight is 481 g/mol. The van der Waals surface area contributed by atoms with E-state index in [9.17, 15) is 9.59 Å². The molecule has 0 radical (unpaired) electrons. The summed E-state index contributed by atoms with van der Waals surface area (Å²) in [5.74, 6) is -0.771. The molecule has 0 bridgehead atoms. The van der Waals surface area contributed by atoms with Crippen molar-refractivity contribution in [3.05, 3.63) is 87.7 Å². The maximum Gasteiger partial charge on any atom is 0.249 e. The minimum atomic E-state index is -0.449. The minimum absolute atomic E-state index is 0.260. The zero-order chi connectivity index (χ0) is 22.2. The molecule has 160 valence electrons. The van der Waals surface area contributed by atoms with Crippen LogP contribution in [0.2, 0.25) is 0 Å². The van der Waals surface area contributed by atoms with Gasteiger partial charge in [0.15, 0.2) is 0 Å². The highest BCUT2D eigenvalue weighted by molar-refractivity contribution is 9.10. The molecule has 2 aromatic carbocycles. The number of amides is 2. The topological polar surface area (TPSA) is 75.5 Å². The number of carbonyl (C=O) groups excluding carboxylic acids is 2. The van der Waals surface area contributed by atoms with Gasteiger partial charge in [0.25, 0.3) is 0 Å². The van der Waals surface area contributed by atoms with E-state index < -0.39 is 5.91 Å². The van der Waals surface area contributed by atoms with E-state index in [-0.39, 0.29) is 12.3 Å². The maximum absolute atomic E-state index is 12.0. The lowest BCUT2D eigenvalue weighted by Crippen LogP contribution is -2.31. The van der Waals surface area contributed by atoms with Crippen molar-refractivity contribution < 1.29 is 9.59 Å². The lowest BCUT2D eigenvalue weighted by atomic mass is 10.1. The molecule has 3 rings (SSSR count). The summed E-state index contributed by atoms with van der Waals surface area (Å²) >= 11 is 3.45. The van der Waals surface area contributed by atoms with E-state index in [2.05, 4.69) is 36.3 Å². The number of rotatable bonds is 8. The van der Waals surface area contributed by atoms with Crippen LogP contribution in [0, 0.1) is 13.8 Å². The van der Waals surface area contributed by atoms with Gasteiger partial charge in [-0.1, -0.05) is 46.3 Å². The summed E-state index contributed by atoms with van der Waals surface area (Å²) in [5, 5.41) is 6.77. The number of hydrogen-bond donors (Lipinski definition) is 2. The van der Waals surface area contributed by atoms with Crippen LogP contribution in [0.4, 0.5) is 0 Å². The first-order chi connectivity index (χ1) is 14.9. The zero-order valence-electron chi connectivity index (χ0n) is 17.6. The quantitative estimate of drug-likeness (QED) is 0.289. The fourth-order valence-corrected chi connectivity index (χ4v) is 3.58. The fourth-order valence-electron chi connectivity index (χ4n) is 3.32. The Bertz CT molecular complexity index is 1070. The number of benzene rings is 2. The van der Waals surface area contributed by atoms with Crippen molar-refractivity contribution in [1.29, 1.82) is 0 Å². The Morgan fingerprint density at radius 2 is 1.74 bits per heavy atom. The standard InChI is InChI=1S/C24H25BrN4O2/c1-17-14-20(18(2)29(17)22-10-8-21(25)9-11-22)16-27-28-24(31)15-23(30)26-13-12-19-6-4-3-5-7-19/h3-11,14,16H,12-13,15H2,1-2H3,(H,26,30)(H,28,31)/b27-16+. The van der Waals surface area contributed by atoms with E-state index >= 15 is 0 Å². The summed E-state index contributed by atoms with van der Waals surface area (Å²) in [6, 6.07) is 19.9. The first-order valence-electron chi connectivity index (χ1n) is 10.0. The monoisotopic (exact) mass is 480 g/mol. The average Bonchev–Trinajstić information content (AvgIpc) is 3.03. The molecule has 0 atom stereocenters. The predicted molar refractivity (Wildman–Crippen MR) is 126 cm³/mol. The van der Waals surface area contributed by atoms with Gasteiger partial charge in [-0.05, 0) is 56.2 Å². The molecule has 2 N–H and O–H groups in total. The van der Waals surface area contributed by atoms with Crippen molar-refractivity contribution >= 4 is 34.0 Å². The number of aryl methyl sites for hydroxylation is 1. The van der Waals surface area contributed by atoms with E-state index in [4.69, 9.17) is 0 Å². The predicted octanol–water partition coefficient (Wildman–Crippen LogP) is 4.06. The van der Waals surface area contributed by atoms with Gasteiger partial charge in [-0.15, -0.1) is 0 Å². The van der Waals surface area contributed by atoms with Crippen LogP contribution in [0.15, 0.2) is 70.2 Å². The van der Waals surface area contributed by atoms with Crippen molar-refractivity contribution in [1.82, 2.24) is 15.3 Å². The molecule has 0 aliphatic heterocycles. The number of carbonyl (C=O) groups is 2. The van der Waals surface area contributed by atoms with Crippen molar-refractivity contribution in [3.63, 3.8) is 0 Å². The summed E-state index contributed by atoms with van der Waals surface area (Å²) in [6.07, 6.45) is 2.06.